The van der Waals surface area contributed by atoms with Gasteiger partial charge in [0.2, 0.25) is 5.91 Å². The Morgan fingerprint density at radius 1 is 1.11 bits per heavy atom. The van der Waals surface area contributed by atoms with Crippen molar-refractivity contribution >= 4 is 23.5 Å². The summed E-state index contributed by atoms with van der Waals surface area (Å²) in [6.45, 7) is -0.764. The Labute approximate surface area is 156 Å². The van der Waals surface area contributed by atoms with Gasteiger partial charge in [-0.05, 0) is 24.3 Å². The quantitative estimate of drug-likeness (QED) is 0.716. The second-order valence-electron chi connectivity index (χ2n) is 5.62. The van der Waals surface area contributed by atoms with Gasteiger partial charge in [-0.3, -0.25) is 9.59 Å². The molecule has 2 N–H and O–H groups in total. The molecule has 0 aromatic heterocycles. The van der Waals surface area contributed by atoms with Crippen molar-refractivity contribution in [2.45, 2.75) is 0 Å². The van der Waals surface area contributed by atoms with E-state index < -0.39 is 24.4 Å². The van der Waals surface area contributed by atoms with Crippen LogP contribution < -0.4 is 10.1 Å². The van der Waals surface area contributed by atoms with Gasteiger partial charge < -0.3 is 24.8 Å². The number of aromatic hydroxyl groups is 1. The van der Waals surface area contributed by atoms with Crippen LogP contribution in [0.2, 0.25) is 0 Å². The summed E-state index contributed by atoms with van der Waals surface area (Å²) in [6, 6.07) is 12.6. The Hall–Kier alpha value is -3.55. The summed E-state index contributed by atoms with van der Waals surface area (Å²) < 4.78 is 9.96. The number of hydrogen-bond donors (Lipinski definition) is 2. The van der Waals surface area contributed by atoms with E-state index in [4.69, 9.17) is 9.47 Å². The minimum absolute atomic E-state index is 0.0382. The summed E-state index contributed by atoms with van der Waals surface area (Å²) >= 11 is 0. The molecule has 8 nitrogen and oxygen atoms in total. The molecule has 0 saturated heterocycles. The largest absolute Gasteiger partial charge is 0.507 e. The number of anilines is 1. The van der Waals surface area contributed by atoms with Gasteiger partial charge in [-0.15, -0.1) is 0 Å². The van der Waals surface area contributed by atoms with Gasteiger partial charge in [0.05, 0.1) is 13.7 Å². The first-order chi connectivity index (χ1) is 12.9. The van der Waals surface area contributed by atoms with Crippen LogP contribution in [0.15, 0.2) is 48.5 Å². The third-order valence-corrected chi connectivity index (χ3v) is 3.61. The highest BCUT2D eigenvalue weighted by Crippen LogP contribution is 2.17. The van der Waals surface area contributed by atoms with E-state index in [1.807, 2.05) is 0 Å². The van der Waals surface area contributed by atoms with Crippen molar-refractivity contribution in [1.82, 2.24) is 4.90 Å². The molecule has 142 valence electrons. The van der Waals surface area contributed by atoms with E-state index in [0.717, 1.165) is 4.90 Å². The smallest absolute Gasteiger partial charge is 0.342 e. The minimum atomic E-state index is -0.823. The number of nitrogens with one attached hydrogen (secondary N) is 1. The summed E-state index contributed by atoms with van der Waals surface area (Å²) in [6.07, 6.45) is 0. The fourth-order valence-electron chi connectivity index (χ4n) is 2.17. The number of amides is 2. The number of para-hydroxylation sites is 1. The molecule has 0 radical (unpaired) electrons. The van der Waals surface area contributed by atoms with Crippen LogP contribution in [0.5, 0.6) is 11.5 Å². The van der Waals surface area contributed by atoms with Crippen LogP contribution in [0.4, 0.5) is 5.69 Å². The number of rotatable bonds is 7. The zero-order valence-corrected chi connectivity index (χ0v) is 15.0. The molecule has 2 rings (SSSR count). The molecule has 0 aliphatic rings. The first kappa shape index (κ1) is 19.8. The van der Waals surface area contributed by atoms with E-state index in [0.29, 0.717) is 11.4 Å². The number of benzene rings is 2. The van der Waals surface area contributed by atoms with Crippen molar-refractivity contribution in [2.24, 2.45) is 0 Å². The fourth-order valence-corrected chi connectivity index (χ4v) is 2.17. The third kappa shape index (κ3) is 5.74. The van der Waals surface area contributed by atoms with Crippen LogP contribution in [0, 0.1) is 0 Å². The van der Waals surface area contributed by atoms with Gasteiger partial charge in [0.1, 0.15) is 17.1 Å². The van der Waals surface area contributed by atoms with Crippen LogP contribution in [-0.4, -0.2) is 55.1 Å². The number of hydrogen-bond acceptors (Lipinski definition) is 6. The molecule has 0 saturated carbocycles. The number of carbonyl (C=O) groups excluding carboxylic acids is 3. The fraction of sp³-hybridized carbons (Fsp3) is 0.211. The number of phenolic OH excluding ortho intramolecular Hbond substituents is 1. The number of esters is 1. The maximum Gasteiger partial charge on any atom is 0.342 e. The van der Waals surface area contributed by atoms with Gasteiger partial charge in [-0.2, -0.15) is 0 Å². The van der Waals surface area contributed by atoms with Crippen molar-refractivity contribution in [3.63, 3.8) is 0 Å². The predicted octanol–water partition coefficient (Wildman–Crippen LogP) is 1.65. The predicted molar refractivity (Wildman–Crippen MR) is 97.7 cm³/mol. The molecule has 0 aliphatic carbocycles. The molecule has 2 aromatic carbocycles. The number of nitrogens with zero attached hydrogens (tertiary/aromatic N) is 1. The molecule has 8 heteroatoms. The van der Waals surface area contributed by atoms with Crippen molar-refractivity contribution in [3.05, 3.63) is 54.1 Å². The summed E-state index contributed by atoms with van der Waals surface area (Å²) in [5, 5.41) is 12.2. The van der Waals surface area contributed by atoms with Gasteiger partial charge >= 0.3 is 5.97 Å². The monoisotopic (exact) mass is 372 g/mol. The second kappa shape index (κ2) is 9.23. The molecule has 0 spiro atoms. The number of methoxy groups -OCH3 is 1. The van der Waals surface area contributed by atoms with Crippen LogP contribution >= 0.6 is 0 Å². The molecule has 2 aromatic rings. The maximum atomic E-state index is 12.0. The Morgan fingerprint density at radius 2 is 1.85 bits per heavy atom. The van der Waals surface area contributed by atoms with Crippen LogP contribution in [0.3, 0.4) is 0 Å². The summed E-state index contributed by atoms with van der Waals surface area (Å²) in [4.78, 5) is 37.1. The van der Waals surface area contributed by atoms with Gasteiger partial charge in [0.25, 0.3) is 5.91 Å². The highest BCUT2D eigenvalue weighted by molar-refractivity contribution is 5.96. The summed E-state index contributed by atoms with van der Waals surface area (Å²) in [5.74, 6) is -1.43. The van der Waals surface area contributed by atoms with Gasteiger partial charge in [0.15, 0.2) is 6.61 Å². The lowest BCUT2D eigenvalue weighted by molar-refractivity contribution is -0.136. The Morgan fingerprint density at radius 3 is 2.56 bits per heavy atom. The summed E-state index contributed by atoms with van der Waals surface area (Å²) in [7, 11) is 2.94. The van der Waals surface area contributed by atoms with E-state index >= 15 is 0 Å². The van der Waals surface area contributed by atoms with Gasteiger partial charge in [-0.1, -0.05) is 18.2 Å². The minimum Gasteiger partial charge on any atom is -0.507 e. The molecule has 0 fully saturated rings. The van der Waals surface area contributed by atoms with Gasteiger partial charge in [-0.25, -0.2) is 4.79 Å². The van der Waals surface area contributed by atoms with Crippen molar-refractivity contribution in [3.8, 4) is 11.5 Å². The number of likely N-dealkylation sites (N-methyl/N-ethyl adjacent to an activating group) is 1. The van der Waals surface area contributed by atoms with Crippen molar-refractivity contribution in [1.29, 1.82) is 0 Å². The van der Waals surface area contributed by atoms with E-state index in [1.165, 1.54) is 26.3 Å². The van der Waals surface area contributed by atoms with E-state index in [-0.39, 0.29) is 17.9 Å². The average molecular weight is 372 g/mol. The van der Waals surface area contributed by atoms with Gasteiger partial charge in [0, 0.05) is 18.8 Å². The zero-order valence-electron chi connectivity index (χ0n) is 15.0. The van der Waals surface area contributed by atoms with E-state index in [1.54, 1.807) is 36.4 Å². The second-order valence-corrected chi connectivity index (χ2v) is 5.62. The molecule has 0 aliphatic heterocycles. The van der Waals surface area contributed by atoms with E-state index in [9.17, 15) is 19.5 Å². The first-order valence-corrected chi connectivity index (χ1v) is 8.03. The lowest BCUT2D eigenvalue weighted by Crippen LogP contribution is -2.37. The molecule has 0 heterocycles. The number of phenols is 1. The highest BCUT2D eigenvalue weighted by Gasteiger charge is 2.17. The molecule has 0 unspecified atom stereocenters. The first-order valence-electron chi connectivity index (χ1n) is 8.03. The molecule has 0 atom stereocenters. The van der Waals surface area contributed by atoms with Crippen molar-refractivity contribution in [2.75, 3.05) is 32.6 Å². The summed E-state index contributed by atoms with van der Waals surface area (Å²) in [5.41, 5.74) is 0.495. The molecular formula is C19H20N2O6. The SMILES string of the molecule is COc1cccc(NC(=O)CN(C)C(=O)COC(=O)c2ccccc2O)c1. The third-order valence-electron chi connectivity index (χ3n) is 3.61. The topological polar surface area (TPSA) is 105 Å². The lowest BCUT2D eigenvalue weighted by Gasteiger charge is -2.17. The van der Waals surface area contributed by atoms with Crippen molar-refractivity contribution < 1.29 is 29.0 Å². The van der Waals surface area contributed by atoms with Crippen LogP contribution in [-0.2, 0) is 14.3 Å². The zero-order chi connectivity index (χ0) is 19.8. The average Bonchev–Trinajstić information content (AvgIpc) is 2.66. The Kier molecular flexibility index (Phi) is 6.76. The number of carbonyl (C=O) groups is 3. The van der Waals surface area contributed by atoms with Crippen LogP contribution in [0.1, 0.15) is 10.4 Å². The van der Waals surface area contributed by atoms with E-state index in [2.05, 4.69) is 5.32 Å². The number of ether oxygens (including phenoxy) is 2. The normalized spacial score (nSPS) is 10.0. The highest BCUT2D eigenvalue weighted by atomic mass is 16.5. The molecular weight excluding hydrogens is 352 g/mol. The molecule has 27 heavy (non-hydrogen) atoms. The molecule has 2 amide bonds. The maximum absolute atomic E-state index is 12.0. The standard InChI is InChI=1S/C19H20N2O6/c1-21(11-17(23)20-13-6-5-7-14(10-13)26-2)18(24)12-27-19(25)15-8-3-4-9-16(15)22/h3-10,22H,11-12H2,1-2H3,(H,20,23). The molecule has 0 bridgehead atoms. The Balaban J connectivity index is 1.83. The van der Waals surface area contributed by atoms with Crippen LogP contribution in [0.25, 0.3) is 0 Å². The Bertz CT molecular complexity index is 836. The lowest BCUT2D eigenvalue weighted by atomic mass is 10.2.